The molecule has 6 nitrogen and oxygen atoms in total. The van der Waals surface area contributed by atoms with Crippen LogP contribution in [0.2, 0.25) is 0 Å². The number of carbonyl (C=O) groups excluding carboxylic acids is 1. The van der Waals surface area contributed by atoms with E-state index < -0.39 is 23.1 Å². The topological polar surface area (TPSA) is 72.2 Å². The third kappa shape index (κ3) is 4.32. The maximum Gasteiger partial charge on any atom is 0.418 e. The molecule has 0 unspecified atom stereocenters. The molecule has 4 rings (SSSR count). The number of benzene rings is 1. The van der Waals surface area contributed by atoms with Gasteiger partial charge in [0.25, 0.3) is 0 Å². The summed E-state index contributed by atoms with van der Waals surface area (Å²) in [5.41, 5.74) is 0.613. The van der Waals surface area contributed by atoms with E-state index in [1.165, 1.54) is 12.1 Å². The fourth-order valence-electron chi connectivity index (χ4n) is 3.04. The Labute approximate surface area is 182 Å². The van der Waals surface area contributed by atoms with Gasteiger partial charge in [0.1, 0.15) is 5.69 Å². The zero-order valence-corrected chi connectivity index (χ0v) is 17.6. The molecule has 0 bridgehead atoms. The number of halogens is 3. The van der Waals surface area contributed by atoms with Crippen molar-refractivity contribution in [3.63, 3.8) is 0 Å². The molecule has 0 saturated heterocycles. The van der Waals surface area contributed by atoms with Crippen molar-refractivity contribution in [3.05, 3.63) is 66.5 Å². The molecule has 0 aliphatic rings. The second kappa shape index (κ2) is 7.74. The summed E-state index contributed by atoms with van der Waals surface area (Å²) in [5.74, 6) is -0.517. The third-order valence-corrected chi connectivity index (χ3v) is 4.80. The SMILES string of the molecule is CC(C)(C)C(=O)Nc1cc(-c2cn3nc(-c4ccccn4)ccc3n2)ccc1C(F)(F)F. The van der Waals surface area contributed by atoms with Gasteiger partial charge in [0.2, 0.25) is 5.91 Å². The molecule has 9 heteroatoms. The number of alkyl halides is 3. The number of aromatic nitrogens is 4. The minimum atomic E-state index is -4.61. The predicted molar refractivity (Wildman–Crippen MR) is 115 cm³/mol. The number of amides is 1. The Bertz CT molecular complexity index is 1290. The van der Waals surface area contributed by atoms with E-state index in [2.05, 4.69) is 20.4 Å². The Kier molecular flexibility index (Phi) is 5.20. The van der Waals surface area contributed by atoms with Gasteiger partial charge in [-0.05, 0) is 36.4 Å². The summed E-state index contributed by atoms with van der Waals surface area (Å²) >= 11 is 0. The van der Waals surface area contributed by atoms with E-state index in [1.54, 1.807) is 55.9 Å². The molecule has 0 radical (unpaired) electrons. The average Bonchev–Trinajstić information content (AvgIpc) is 3.16. The number of anilines is 1. The molecule has 3 aromatic heterocycles. The van der Waals surface area contributed by atoms with Gasteiger partial charge in [0.05, 0.1) is 28.8 Å². The average molecular weight is 439 g/mol. The fraction of sp³-hybridized carbons (Fsp3) is 0.217. The van der Waals surface area contributed by atoms with Crippen LogP contribution < -0.4 is 5.32 Å². The van der Waals surface area contributed by atoms with Crippen molar-refractivity contribution < 1.29 is 18.0 Å². The third-order valence-electron chi connectivity index (χ3n) is 4.80. The molecule has 3 heterocycles. The Morgan fingerprint density at radius 2 is 1.75 bits per heavy atom. The second-order valence-electron chi connectivity index (χ2n) is 8.32. The summed E-state index contributed by atoms with van der Waals surface area (Å²) in [5, 5.41) is 6.91. The van der Waals surface area contributed by atoms with Gasteiger partial charge < -0.3 is 5.32 Å². The fourth-order valence-corrected chi connectivity index (χ4v) is 3.04. The van der Waals surface area contributed by atoms with E-state index in [4.69, 9.17) is 0 Å². The number of nitrogens with one attached hydrogen (secondary N) is 1. The Hall–Kier alpha value is -3.75. The van der Waals surface area contributed by atoms with Crippen molar-refractivity contribution in [1.82, 2.24) is 19.6 Å². The quantitative estimate of drug-likeness (QED) is 0.460. The highest BCUT2D eigenvalue weighted by atomic mass is 19.4. The largest absolute Gasteiger partial charge is 0.418 e. The molecular formula is C23H20F3N5O. The van der Waals surface area contributed by atoms with E-state index in [0.717, 1.165) is 6.07 Å². The Balaban J connectivity index is 1.75. The van der Waals surface area contributed by atoms with E-state index in [1.807, 2.05) is 12.1 Å². The highest BCUT2D eigenvalue weighted by Gasteiger charge is 2.35. The molecule has 4 aromatic rings. The van der Waals surface area contributed by atoms with Gasteiger partial charge in [0, 0.05) is 17.2 Å². The summed E-state index contributed by atoms with van der Waals surface area (Å²) in [4.78, 5) is 21.1. The van der Waals surface area contributed by atoms with E-state index in [9.17, 15) is 18.0 Å². The summed E-state index contributed by atoms with van der Waals surface area (Å²) in [6.07, 6.45) is -1.33. The van der Waals surface area contributed by atoms with E-state index in [-0.39, 0.29) is 5.69 Å². The van der Waals surface area contributed by atoms with Crippen LogP contribution in [0.15, 0.2) is 60.9 Å². The molecule has 1 aromatic carbocycles. The van der Waals surface area contributed by atoms with Crippen LogP contribution in [0.4, 0.5) is 18.9 Å². The van der Waals surface area contributed by atoms with Crippen molar-refractivity contribution in [2.24, 2.45) is 5.41 Å². The van der Waals surface area contributed by atoms with Crippen molar-refractivity contribution in [1.29, 1.82) is 0 Å². The molecule has 0 spiro atoms. The number of rotatable bonds is 3. The maximum absolute atomic E-state index is 13.5. The molecule has 0 atom stereocenters. The summed E-state index contributed by atoms with van der Waals surface area (Å²) in [7, 11) is 0. The molecule has 164 valence electrons. The van der Waals surface area contributed by atoms with Crippen LogP contribution in [0.1, 0.15) is 26.3 Å². The van der Waals surface area contributed by atoms with Crippen LogP contribution in [0.5, 0.6) is 0 Å². The van der Waals surface area contributed by atoms with E-state index >= 15 is 0 Å². The lowest BCUT2D eigenvalue weighted by atomic mass is 9.95. The number of pyridine rings is 1. The minimum Gasteiger partial charge on any atom is -0.325 e. The van der Waals surface area contributed by atoms with Gasteiger partial charge >= 0.3 is 6.18 Å². The van der Waals surface area contributed by atoms with Crippen LogP contribution in [-0.4, -0.2) is 25.5 Å². The number of imidazole rings is 1. The van der Waals surface area contributed by atoms with Crippen molar-refractivity contribution >= 4 is 17.2 Å². The zero-order chi connectivity index (χ0) is 23.1. The number of fused-ring (bicyclic) bond motifs is 1. The van der Waals surface area contributed by atoms with Crippen LogP contribution in [0.3, 0.4) is 0 Å². The van der Waals surface area contributed by atoms with Crippen molar-refractivity contribution in [2.75, 3.05) is 5.32 Å². The minimum absolute atomic E-state index is 0.311. The second-order valence-corrected chi connectivity index (χ2v) is 8.32. The Morgan fingerprint density at radius 3 is 2.41 bits per heavy atom. The standard InChI is InChI=1S/C23H20F3N5O/c1-22(2,3)21(32)29-18-12-14(7-8-15(18)23(24,25)26)19-13-31-20(28-19)10-9-17(30-31)16-6-4-5-11-27-16/h4-13H,1-3H3,(H,29,32). The van der Waals surface area contributed by atoms with Crippen LogP contribution in [-0.2, 0) is 11.0 Å². The van der Waals surface area contributed by atoms with Gasteiger partial charge in [-0.3, -0.25) is 9.78 Å². The van der Waals surface area contributed by atoms with Gasteiger partial charge in [-0.1, -0.05) is 32.9 Å². The lowest BCUT2D eigenvalue weighted by molar-refractivity contribution is -0.137. The number of hydrogen-bond acceptors (Lipinski definition) is 4. The lowest BCUT2D eigenvalue weighted by Gasteiger charge is -2.20. The molecule has 0 aliphatic carbocycles. The molecule has 1 amide bonds. The van der Waals surface area contributed by atoms with Crippen molar-refractivity contribution in [3.8, 4) is 22.6 Å². The zero-order valence-electron chi connectivity index (χ0n) is 17.6. The monoisotopic (exact) mass is 439 g/mol. The first-order valence-corrected chi connectivity index (χ1v) is 9.83. The highest BCUT2D eigenvalue weighted by Crippen LogP contribution is 2.37. The van der Waals surface area contributed by atoms with Gasteiger partial charge in [-0.2, -0.15) is 18.3 Å². The maximum atomic E-state index is 13.5. The van der Waals surface area contributed by atoms with Gasteiger partial charge in [0.15, 0.2) is 5.65 Å². The molecule has 0 fully saturated rings. The van der Waals surface area contributed by atoms with Crippen LogP contribution in [0.25, 0.3) is 28.3 Å². The van der Waals surface area contributed by atoms with Crippen LogP contribution in [0, 0.1) is 5.41 Å². The number of carbonyl (C=O) groups is 1. The Morgan fingerprint density at radius 1 is 0.969 bits per heavy atom. The lowest BCUT2D eigenvalue weighted by Crippen LogP contribution is -2.28. The summed E-state index contributed by atoms with van der Waals surface area (Å²) in [6.45, 7) is 4.89. The van der Waals surface area contributed by atoms with Gasteiger partial charge in [-0.25, -0.2) is 9.50 Å². The first-order chi connectivity index (χ1) is 15.0. The predicted octanol–water partition coefficient (Wildman–Crippen LogP) is 5.46. The number of hydrogen-bond donors (Lipinski definition) is 1. The summed E-state index contributed by atoms with van der Waals surface area (Å²) in [6, 6.07) is 12.6. The first kappa shape index (κ1) is 21.5. The first-order valence-electron chi connectivity index (χ1n) is 9.83. The molecule has 32 heavy (non-hydrogen) atoms. The van der Waals surface area contributed by atoms with Gasteiger partial charge in [-0.15, -0.1) is 0 Å². The molecular weight excluding hydrogens is 419 g/mol. The number of nitrogens with zero attached hydrogens (tertiary/aromatic N) is 4. The van der Waals surface area contributed by atoms with Crippen LogP contribution >= 0.6 is 0 Å². The van der Waals surface area contributed by atoms with Crippen molar-refractivity contribution in [2.45, 2.75) is 26.9 Å². The summed E-state index contributed by atoms with van der Waals surface area (Å²) < 4.78 is 42.1. The van der Waals surface area contributed by atoms with E-state index in [0.29, 0.717) is 28.3 Å². The molecule has 0 aliphatic heterocycles. The molecule has 1 N–H and O–H groups in total. The highest BCUT2D eigenvalue weighted by molar-refractivity contribution is 5.96. The molecule has 0 saturated carbocycles. The normalized spacial score (nSPS) is 12.2. The smallest absolute Gasteiger partial charge is 0.325 e.